The topological polar surface area (TPSA) is 93.8 Å². The number of nitrogens with one attached hydrogen (secondary N) is 2. The molecule has 1 aromatic carbocycles. The summed E-state index contributed by atoms with van der Waals surface area (Å²) in [7, 11) is 1.77. The summed E-state index contributed by atoms with van der Waals surface area (Å²) in [5.74, 6) is 0.246. The van der Waals surface area contributed by atoms with Crippen molar-refractivity contribution < 1.29 is 9.18 Å². The molecule has 0 spiro atoms. The van der Waals surface area contributed by atoms with Crippen LogP contribution in [0.15, 0.2) is 53.6 Å². The Balaban J connectivity index is 1.33. The summed E-state index contributed by atoms with van der Waals surface area (Å²) in [6.45, 7) is 2.18. The fourth-order valence-corrected chi connectivity index (χ4v) is 5.26. The third-order valence-electron chi connectivity index (χ3n) is 7.08. The molecule has 0 atom stereocenters. The zero-order chi connectivity index (χ0) is 26.1. The molecule has 3 aromatic heterocycles. The average molecular weight is 523 g/mol. The number of benzene rings is 1. The normalized spacial score (nSPS) is 17.6. The number of para-hydroxylation sites is 1. The smallest absolute Gasteiger partial charge is 0.333 e. The fourth-order valence-electron chi connectivity index (χ4n) is 5.10. The third-order valence-corrected chi connectivity index (χ3v) is 7.29. The molecule has 0 aliphatic heterocycles. The highest BCUT2D eigenvalue weighted by Crippen LogP contribution is 2.28. The number of hydrogen-bond donors (Lipinski definition) is 2. The molecule has 1 amide bonds. The van der Waals surface area contributed by atoms with Crippen molar-refractivity contribution in [2.24, 2.45) is 5.92 Å². The van der Waals surface area contributed by atoms with Crippen molar-refractivity contribution in [3.63, 3.8) is 0 Å². The van der Waals surface area contributed by atoms with Crippen LogP contribution in [0.5, 0.6) is 0 Å². The largest absolute Gasteiger partial charge is 0.373 e. The minimum atomic E-state index is -0.431. The number of halogens is 2. The lowest BCUT2D eigenvalue weighted by Gasteiger charge is -2.29. The average Bonchev–Trinajstić information content (AvgIpc) is 3.18. The lowest BCUT2D eigenvalue weighted by molar-refractivity contribution is 0.0919. The molecule has 0 bridgehead atoms. The number of carbonyl (C=O) groups excluding carboxylic acids is 1. The van der Waals surface area contributed by atoms with E-state index in [9.17, 15) is 14.0 Å². The highest BCUT2D eigenvalue weighted by Gasteiger charge is 2.26. The quantitative estimate of drug-likeness (QED) is 0.382. The van der Waals surface area contributed by atoms with Crippen molar-refractivity contribution in [1.29, 1.82) is 0 Å². The molecular weight excluding hydrogens is 495 g/mol. The van der Waals surface area contributed by atoms with Crippen LogP contribution < -0.4 is 16.3 Å². The van der Waals surface area contributed by atoms with Crippen LogP contribution in [-0.2, 0) is 6.54 Å². The van der Waals surface area contributed by atoms with Gasteiger partial charge in [0.05, 0.1) is 33.7 Å². The van der Waals surface area contributed by atoms with Gasteiger partial charge in [0.25, 0.3) is 5.91 Å². The number of amides is 1. The van der Waals surface area contributed by atoms with Crippen LogP contribution in [0.3, 0.4) is 0 Å². The summed E-state index contributed by atoms with van der Waals surface area (Å²) in [4.78, 5) is 34.8. The van der Waals surface area contributed by atoms with Crippen LogP contribution in [0.1, 0.15) is 41.7 Å². The molecule has 4 aromatic rings. The molecule has 1 aliphatic carbocycles. The molecule has 3 heterocycles. The summed E-state index contributed by atoms with van der Waals surface area (Å²) in [5.41, 5.74) is 2.19. The SMILES string of the molecule is CNc1ccc(-n2c(=O)n(CC3CCC(NC(=O)c4cc(Cl)cnc4C)CC3)c3c(F)cccc32)cn1. The van der Waals surface area contributed by atoms with E-state index in [1.807, 2.05) is 0 Å². The Hall–Kier alpha value is -3.72. The molecule has 0 radical (unpaired) electrons. The maximum Gasteiger partial charge on any atom is 0.333 e. The Morgan fingerprint density at radius 3 is 2.62 bits per heavy atom. The molecule has 1 aliphatic rings. The van der Waals surface area contributed by atoms with E-state index >= 15 is 0 Å². The summed E-state index contributed by atoms with van der Waals surface area (Å²) in [6.07, 6.45) is 6.29. The Morgan fingerprint density at radius 2 is 1.92 bits per heavy atom. The van der Waals surface area contributed by atoms with E-state index in [0.717, 1.165) is 25.7 Å². The van der Waals surface area contributed by atoms with E-state index in [0.29, 0.717) is 45.4 Å². The Labute approximate surface area is 218 Å². The van der Waals surface area contributed by atoms with Gasteiger partial charge in [-0.05, 0) is 68.9 Å². The van der Waals surface area contributed by atoms with Gasteiger partial charge in [-0.15, -0.1) is 0 Å². The van der Waals surface area contributed by atoms with Crippen molar-refractivity contribution in [2.45, 2.75) is 45.2 Å². The standard InChI is InChI=1S/C27H28ClFN6O2/c1-16-21(12-18(28)13-31-16)26(36)33-19-8-6-17(7-9-19)15-34-25-22(29)4-3-5-23(25)35(27(34)37)20-10-11-24(30-2)32-14-20/h3-5,10-14,17,19H,6-9,15H2,1-2H3,(H,30,32)(H,33,36). The summed E-state index contributed by atoms with van der Waals surface area (Å²) in [6, 6.07) is 9.96. The van der Waals surface area contributed by atoms with Gasteiger partial charge in [0.15, 0.2) is 0 Å². The highest BCUT2D eigenvalue weighted by molar-refractivity contribution is 6.30. The maximum absolute atomic E-state index is 15.0. The lowest BCUT2D eigenvalue weighted by atomic mass is 9.85. The van der Waals surface area contributed by atoms with Crippen LogP contribution >= 0.6 is 11.6 Å². The minimum Gasteiger partial charge on any atom is -0.373 e. The van der Waals surface area contributed by atoms with Crippen molar-refractivity contribution >= 4 is 34.4 Å². The molecule has 37 heavy (non-hydrogen) atoms. The molecule has 5 rings (SSSR count). The van der Waals surface area contributed by atoms with Crippen LogP contribution in [0, 0.1) is 18.7 Å². The maximum atomic E-state index is 15.0. The molecule has 192 valence electrons. The number of hydrogen-bond acceptors (Lipinski definition) is 5. The zero-order valence-electron chi connectivity index (χ0n) is 20.7. The molecule has 2 N–H and O–H groups in total. The second kappa shape index (κ2) is 10.3. The van der Waals surface area contributed by atoms with Crippen molar-refractivity contribution in [3.8, 4) is 5.69 Å². The van der Waals surface area contributed by atoms with Gasteiger partial charge in [-0.2, -0.15) is 0 Å². The number of rotatable bonds is 6. The van der Waals surface area contributed by atoms with Crippen molar-refractivity contribution in [2.75, 3.05) is 12.4 Å². The molecular formula is C27H28ClFN6O2. The van der Waals surface area contributed by atoms with Crippen LogP contribution in [0.4, 0.5) is 10.2 Å². The number of fused-ring (bicyclic) bond motifs is 1. The van der Waals surface area contributed by atoms with E-state index in [2.05, 4.69) is 20.6 Å². The van der Waals surface area contributed by atoms with E-state index < -0.39 is 5.82 Å². The number of aryl methyl sites for hydroxylation is 1. The molecule has 0 saturated heterocycles. The van der Waals surface area contributed by atoms with E-state index in [-0.39, 0.29) is 23.6 Å². The lowest BCUT2D eigenvalue weighted by Crippen LogP contribution is -2.39. The first kappa shape index (κ1) is 25.0. The van der Waals surface area contributed by atoms with Gasteiger partial charge in [-0.25, -0.2) is 14.2 Å². The molecule has 8 nitrogen and oxygen atoms in total. The van der Waals surface area contributed by atoms with Crippen molar-refractivity contribution in [3.05, 3.63) is 81.4 Å². The van der Waals surface area contributed by atoms with Crippen LogP contribution in [0.25, 0.3) is 16.7 Å². The highest BCUT2D eigenvalue weighted by atomic mass is 35.5. The first-order chi connectivity index (χ1) is 17.9. The summed E-state index contributed by atoms with van der Waals surface area (Å²) < 4.78 is 18.1. The number of nitrogens with zero attached hydrogens (tertiary/aromatic N) is 4. The van der Waals surface area contributed by atoms with Gasteiger partial charge in [0, 0.05) is 25.8 Å². The summed E-state index contributed by atoms with van der Waals surface area (Å²) in [5, 5.41) is 6.47. The predicted molar refractivity (Wildman–Crippen MR) is 142 cm³/mol. The Kier molecular flexibility index (Phi) is 6.97. The second-order valence-electron chi connectivity index (χ2n) is 9.47. The molecule has 1 saturated carbocycles. The molecule has 10 heteroatoms. The third kappa shape index (κ3) is 4.96. The van der Waals surface area contributed by atoms with Gasteiger partial charge in [0.2, 0.25) is 0 Å². The zero-order valence-corrected chi connectivity index (χ0v) is 21.4. The first-order valence-corrected chi connectivity index (χ1v) is 12.7. The fraction of sp³-hybridized carbons (Fsp3) is 0.333. The number of aromatic nitrogens is 4. The van der Waals surface area contributed by atoms with Gasteiger partial charge in [-0.1, -0.05) is 17.7 Å². The monoisotopic (exact) mass is 522 g/mol. The van der Waals surface area contributed by atoms with E-state index in [1.165, 1.54) is 16.8 Å². The van der Waals surface area contributed by atoms with Crippen molar-refractivity contribution in [1.82, 2.24) is 24.4 Å². The van der Waals surface area contributed by atoms with Crippen LogP contribution in [0.2, 0.25) is 5.02 Å². The first-order valence-electron chi connectivity index (χ1n) is 12.3. The second-order valence-corrected chi connectivity index (χ2v) is 9.90. The van der Waals surface area contributed by atoms with Gasteiger partial charge < -0.3 is 10.6 Å². The molecule has 0 unspecified atom stereocenters. The number of carbonyl (C=O) groups is 1. The number of pyridine rings is 2. The minimum absolute atomic E-state index is 0.0219. The number of imidazole rings is 1. The Morgan fingerprint density at radius 1 is 1.14 bits per heavy atom. The molecule has 1 fully saturated rings. The van der Waals surface area contributed by atoms with Crippen LogP contribution in [-0.4, -0.2) is 38.1 Å². The summed E-state index contributed by atoms with van der Waals surface area (Å²) >= 11 is 6.01. The number of anilines is 1. The predicted octanol–water partition coefficient (Wildman–Crippen LogP) is 4.71. The van der Waals surface area contributed by atoms with E-state index in [1.54, 1.807) is 55.1 Å². The Bertz CT molecular complexity index is 1510. The van der Waals surface area contributed by atoms with Gasteiger partial charge in [-0.3, -0.25) is 18.9 Å². The van der Waals surface area contributed by atoms with E-state index in [4.69, 9.17) is 11.6 Å². The van der Waals surface area contributed by atoms with Gasteiger partial charge >= 0.3 is 5.69 Å². The van der Waals surface area contributed by atoms with Gasteiger partial charge in [0.1, 0.15) is 17.2 Å².